The SMILES string of the molecule is CC.CCC1CC1(N=CN)C(=O)NS(C)(=O)=O.COc1ccc2c(O[C@@H]3CCN(C(=O)[C@@H](NC(=O)OC(C)(C)C)C(C)(C)C)C3)cc(-c3ccccc3)nc2c1. The smallest absolute Gasteiger partial charge is 0.408 e. The van der Waals surface area contributed by atoms with Crippen molar-refractivity contribution < 1.29 is 37.0 Å². The van der Waals surface area contributed by atoms with E-state index in [-0.39, 0.29) is 17.9 Å². The molecule has 56 heavy (non-hydrogen) atoms. The highest BCUT2D eigenvalue weighted by Gasteiger charge is 2.59. The molecule has 4 N–H and O–H groups in total. The van der Waals surface area contributed by atoms with E-state index in [1.807, 2.05) is 101 Å². The number of pyridine rings is 1. The van der Waals surface area contributed by atoms with E-state index in [2.05, 4.69) is 10.3 Å². The third kappa shape index (κ3) is 12.3. The highest BCUT2D eigenvalue weighted by molar-refractivity contribution is 7.89. The molecule has 2 heterocycles. The van der Waals surface area contributed by atoms with Gasteiger partial charge in [-0.3, -0.25) is 19.3 Å². The van der Waals surface area contributed by atoms with Crippen molar-refractivity contribution in [1.82, 2.24) is 19.9 Å². The summed E-state index contributed by atoms with van der Waals surface area (Å²) in [6.07, 6.45) is 3.19. The second-order valence-electron chi connectivity index (χ2n) is 15.7. The van der Waals surface area contributed by atoms with Gasteiger partial charge in [-0.1, -0.05) is 78.3 Å². The van der Waals surface area contributed by atoms with Crippen LogP contribution in [-0.4, -0.2) is 92.3 Å². The Kier molecular flexibility index (Phi) is 15.3. The van der Waals surface area contributed by atoms with Gasteiger partial charge in [0.05, 0.1) is 37.5 Å². The maximum Gasteiger partial charge on any atom is 0.408 e. The third-order valence-electron chi connectivity index (χ3n) is 9.11. The lowest BCUT2D eigenvalue weighted by Crippen LogP contribution is -2.55. The highest BCUT2D eigenvalue weighted by atomic mass is 32.2. The van der Waals surface area contributed by atoms with Crippen molar-refractivity contribution in [2.45, 2.75) is 105 Å². The Morgan fingerprint density at radius 1 is 1.07 bits per heavy atom. The van der Waals surface area contributed by atoms with Crippen molar-refractivity contribution in [3.63, 3.8) is 0 Å². The fourth-order valence-corrected chi connectivity index (χ4v) is 6.82. The van der Waals surface area contributed by atoms with Crippen molar-refractivity contribution in [1.29, 1.82) is 0 Å². The molecule has 1 saturated heterocycles. The molecule has 2 unspecified atom stereocenters. The zero-order chi connectivity index (χ0) is 42.1. The van der Waals surface area contributed by atoms with Crippen LogP contribution in [-0.2, 0) is 24.3 Å². The number of rotatable bonds is 10. The largest absolute Gasteiger partial charge is 0.497 e. The van der Waals surface area contributed by atoms with Crippen LogP contribution < -0.4 is 25.2 Å². The standard InChI is InChI=1S/C31H39N3O5.C8H15N3O3S.C2H6/c1-30(2,3)27(33-29(36)39-31(4,5)6)28(35)34-16-15-22(19-34)38-26-18-24(20-11-9-8-10-12-20)32-25-17-21(37-7)13-14-23(25)26;1-3-6-4-8(6,10-5-9)7(12)11-15(2,13)14;1-2/h8-14,17-18,22,27H,15-16,19H2,1-7H3,(H,33,36);5-6H,3-4H2,1-2H3,(H2,9,10)(H,11,12);1-2H3/t22-,27-;;/m1../s1. The van der Waals surface area contributed by atoms with Crippen LogP contribution in [0.1, 0.15) is 81.6 Å². The first-order valence-electron chi connectivity index (χ1n) is 19.0. The first-order valence-corrected chi connectivity index (χ1v) is 20.9. The summed E-state index contributed by atoms with van der Waals surface area (Å²) in [7, 11) is -1.90. The second-order valence-corrected chi connectivity index (χ2v) is 17.5. The molecule has 2 fully saturated rings. The van der Waals surface area contributed by atoms with Gasteiger partial charge in [-0.15, -0.1) is 0 Å². The van der Waals surface area contributed by atoms with Gasteiger partial charge in [0.15, 0.2) is 0 Å². The van der Waals surface area contributed by atoms with Gasteiger partial charge in [0.25, 0.3) is 5.91 Å². The van der Waals surface area contributed by atoms with Gasteiger partial charge < -0.3 is 30.2 Å². The molecule has 3 amide bonds. The number of nitrogens with two attached hydrogens (primary N) is 1. The Balaban J connectivity index is 0.000000414. The number of alkyl carbamates (subject to hydrolysis) is 1. The van der Waals surface area contributed by atoms with Gasteiger partial charge in [-0.25, -0.2) is 18.2 Å². The van der Waals surface area contributed by atoms with Crippen LogP contribution in [0.15, 0.2) is 59.6 Å². The van der Waals surface area contributed by atoms with E-state index in [0.29, 0.717) is 31.7 Å². The zero-order valence-electron chi connectivity index (χ0n) is 34.6. The number of nitrogens with one attached hydrogen (secondary N) is 2. The van der Waals surface area contributed by atoms with E-state index in [9.17, 15) is 22.8 Å². The molecule has 15 heteroatoms. The maximum absolute atomic E-state index is 13.6. The number of amides is 3. The maximum atomic E-state index is 13.6. The van der Waals surface area contributed by atoms with Gasteiger partial charge in [-0.2, -0.15) is 0 Å². The molecule has 1 aromatic heterocycles. The van der Waals surface area contributed by atoms with Gasteiger partial charge in [-0.05, 0) is 50.7 Å². The van der Waals surface area contributed by atoms with Gasteiger partial charge in [0.1, 0.15) is 34.8 Å². The summed E-state index contributed by atoms with van der Waals surface area (Å²) < 4.78 is 41.1. The Bertz CT molecular complexity index is 1960. The Morgan fingerprint density at radius 2 is 1.73 bits per heavy atom. The molecule has 1 aliphatic carbocycles. The minimum Gasteiger partial charge on any atom is -0.497 e. The number of nitrogens with zero attached hydrogens (tertiary/aromatic N) is 3. The van der Waals surface area contributed by atoms with Crippen LogP contribution in [0.25, 0.3) is 22.2 Å². The average Bonchev–Trinajstić information content (AvgIpc) is 3.66. The van der Waals surface area contributed by atoms with Crippen molar-refractivity contribution in [3.05, 3.63) is 54.6 Å². The van der Waals surface area contributed by atoms with Crippen LogP contribution in [0.5, 0.6) is 11.5 Å². The molecule has 3 aromatic rings. The van der Waals surface area contributed by atoms with E-state index >= 15 is 0 Å². The van der Waals surface area contributed by atoms with Crippen LogP contribution in [0.2, 0.25) is 0 Å². The normalized spacial score (nSPS) is 19.8. The lowest BCUT2D eigenvalue weighted by Gasteiger charge is -2.34. The quantitative estimate of drug-likeness (QED) is 0.160. The fraction of sp³-hybridized carbons (Fsp3) is 0.537. The number of carbonyl (C=O) groups excluding carboxylic acids is 3. The molecule has 2 aliphatic rings. The van der Waals surface area contributed by atoms with Gasteiger partial charge in [0.2, 0.25) is 15.9 Å². The third-order valence-corrected chi connectivity index (χ3v) is 9.67. The number of aliphatic imine (C=N–C) groups is 1. The van der Waals surface area contributed by atoms with Gasteiger partial charge in [0, 0.05) is 36.0 Å². The predicted molar refractivity (Wildman–Crippen MR) is 220 cm³/mol. The van der Waals surface area contributed by atoms with E-state index in [0.717, 1.165) is 46.9 Å². The number of ether oxygens (including phenoxy) is 3. The molecule has 1 aliphatic heterocycles. The molecule has 14 nitrogen and oxygen atoms in total. The number of sulfonamides is 1. The number of likely N-dealkylation sites (tertiary alicyclic amines) is 1. The average molecular weight is 797 g/mol. The van der Waals surface area contributed by atoms with Crippen molar-refractivity contribution in [2.75, 3.05) is 26.5 Å². The number of aromatic nitrogens is 1. The number of hydrogen-bond acceptors (Lipinski definition) is 10. The highest BCUT2D eigenvalue weighted by Crippen LogP contribution is 2.49. The summed E-state index contributed by atoms with van der Waals surface area (Å²) in [4.78, 5) is 48.3. The Morgan fingerprint density at radius 3 is 2.27 bits per heavy atom. The van der Waals surface area contributed by atoms with E-state index < -0.39 is 44.6 Å². The lowest BCUT2D eigenvalue weighted by atomic mass is 9.86. The lowest BCUT2D eigenvalue weighted by molar-refractivity contribution is -0.135. The molecule has 0 spiro atoms. The number of carbonyl (C=O) groups is 3. The van der Waals surface area contributed by atoms with Crippen LogP contribution >= 0.6 is 0 Å². The molecule has 0 radical (unpaired) electrons. The Hall–Kier alpha value is -4.92. The zero-order valence-corrected chi connectivity index (χ0v) is 35.5. The first kappa shape index (κ1) is 45.5. The second kappa shape index (κ2) is 18.8. The molecule has 1 saturated carbocycles. The molecule has 5 rings (SSSR count). The summed E-state index contributed by atoms with van der Waals surface area (Å²) in [6.45, 7) is 18.1. The van der Waals surface area contributed by atoms with E-state index in [1.54, 1.807) is 32.8 Å². The van der Waals surface area contributed by atoms with Crippen molar-refractivity contribution in [2.24, 2.45) is 22.1 Å². The monoisotopic (exact) mass is 796 g/mol. The van der Waals surface area contributed by atoms with E-state index in [1.165, 1.54) is 0 Å². The molecular formula is C41H60N6O8S. The fourth-order valence-electron chi connectivity index (χ4n) is 6.30. The minimum absolute atomic E-state index is 0.0825. The predicted octanol–water partition coefficient (Wildman–Crippen LogP) is 6.07. The number of hydrogen-bond donors (Lipinski definition) is 3. The van der Waals surface area contributed by atoms with E-state index in [4.69, 9.17) is 24.9 Å². The number of fused-ring (bicyclic) bond motifs is 1. The topological polar surface area (TPSA) is 192 Å². The summed E-state index contributed by atoms with van der Waals surface area (Å²) in [5, 5.41) is 3.68. The molecule has 4 atom stereocenters. The molecule has 2 aromatic carbocycles. The molecule has 0 bridgehead atoms. The number of methoxy groups -OCH3 is 1. The van der Waals surface area contributed by atoms with Crippen LogP contribution in [0, 0.1) is 11.3 Å². The molecular weight excluding hydrogens is 737 g/mol. The van der Waals surface area contributed by atoms with Crippen LogP contribution in [0.3, 0.4) is 0 Å². The molecule has 308 valence electrons. The minimum atomic E-state index is -3.53. The number of benzene rings is 2. The first-order chi connectivity index (χ1) is 26.2. The van der Waals surface area contributed by atoms with Crippen molar-refractivity contribution in [3.8, 4) is 22.8 Å². The summed E-state index contributed by atoms with van der Waals surface area (Å²) in [5.41, 5.74) is 5.59. The Labute approximate surface area is 332 Å². The van der Waals surface area contributed by atoms with Crippen LogP contribution in [0.4, 0.5) is 4.79 Å². The van der Waals surface area contributed by atoms with Crippen molar-refractivity contribution >= 4 is 45.2 Å². The summed E-state index contributed by atoms with van der Waals surface area (Å²) >= 11 is 0. The summed E-state index contributed by atoms with van der Waals surface area (Å²) in [5.74, 6) is 0.779. The summed E-state index contributed by atoms with van der Waals surface area (Å²) in [6, 6.07) is 16.9. The van der Waals surface area contributed by atoms with Gasteiger partial charge >= 0.3 is 6.09 Å².